The van der Waals surface area contributed by atoms with Gasteiger partial charge < -0.3 is 5.32 Å². The van der Waals surface area contributed by atoms with Crippen LogP contribution in [-0.2, 0) is 0 Å². The van der Waals surface area contributed by atoms with Gasteiger partial charge in [0.2, 0.25) is 5.82 Å². The number of nitrogens with one attached hydrogen (secondary N) is 1. The highest BCUT2D eigenvalue weighted by molar-refractivity contribution is 6.04. The molecule has 0 radical (unpaired) electrons. The molecule has 2 aromatic carbocycles. The molecule has 0 aliphatic heterocycles. The third kappa shape index (κ3) is 3.16. The van der Waals surface area contributed by atoms with Crippen molar-refractivity contribution in [3.05, 3.63) is 69.5 Å². The first kappa shape index (κ1) is 14.5. The first-order valence-corrected chi connectivity index (χ1v) is 5.59. The quantitative estimate of drug-likeness (QED) is 0.698. The third-order valence-corrected chi connectivity index (χ3v) is 2.58. The van der Waals surface area contributed by atoms with Crippen LogP contribution < -0.4 is 5.32 Å². The fraction of sp³-hybridized carbons (Fsp3) is 0. The van der Waals surface area contributed by atoms with Crippen LogP contribution in [0.3, 0.4) is 0 Å². The Labute approximate surface area is 116 Å². The Morgan fingerprint density at radius 3 is 2.29 bits per heavy atom. The molecule has 0 atom stereocenters. The smallest absolute Gasteiger partial charge is 0.304 e. The van der Waals surface area contributed by atoms with Crippen LogP contribution in [0.2, 0.25) is 0 Å². The van der Waals surface area contributed by atoms with Crippen molar-refractivity contribution in [2.45, 2.75) is 0 Å². The molecule has 0 fully saturated rings. The summed E-state index contributed by atoms with van der Waals surface area (Å²) in [6, 6.07) is 5.29. The Bertz CT molecular complexity index is 735. The lowest BCUT2D eigenvalue weighted by Crippen LogP contribution is -2.12. The first-order chi connectivity index (χ1) is 9.88. The molecule has 1 amide bonds. The van der Waals surface area contributed by atoms with Crippen LogP contribution in [0.15, 0.2) is 36.4 Å². The van der Waals surface area contributed by atoms with E-state index >= 15 is 0 Å². The molecule has 0 spiro atoms. The van der Waals surface area contributed by atoms with Gasteiger partial charge in [-0.15, -0.1) is 0 Å². The SMILES string of the molecule is O=C(Nc1ccc(F)c(F)c1)c1ccc([N+](=O)[O-])c(F)c1. The van der Waals surface area contributed by atoms with Gasteiger partial charge in [0.05, 0.1) is 4.92 Å². The maximum absolute atomic E-state index is 13.4. The number of carbonyl (C=O) groups is 1. The summed E-state index contributed by atoms with van der Waals surface area (Å²) >= 11 is 0. The van der Waals surface area contributed by atoms with Crippen molar-refractivity contribution in [2.75, 3.05) is 5.32 Å². The number of carbonyl (C=O) groups excluding carboxylic acids is 1. The molecule has 0 aromatic heterocycles. The molecule has 108 valence electrons. The minimum absolute atomic E-state index is 0.0299. The van der Waals surface area contributed by atoms with E-state index in [1.54, 1.807) is 0 Å². The predicted molar refractivity (Wildman–Crippen MR) is 67.4 cm³/mol. The van der Waals surface area contributed by atoms with Gasteiger partial charge in [-0.1, -0.05) is 0 Å². The van der Waals surface area contributed by atoms with E-state index in [0.29, 0.717) is 6.07 Å². The zero-order valence-electron chi connectivity index (χ0n) is 10.3. The number of nitro groups is 1. The van der Waals surface area contributed by atoms with Crippen molar-refractivity contribution in [1.82, 2.24) is 0 Å². The van der Waals surface area contributed by atoms with Crippen molar-refractivity contribution in [3.8, 4) is 0 Å². The number of rotatable bonds is 3. The zero-order chi connectivity index (χ0) is 15.6. The number of hydrogen-bond acceptors (Lipinski definition) is 3. The molecule has 21 heavy (non-hydrogen) atoms. The number of anilines is 1. The summed E-state index contributed by atoms with van der Waals surface area (Å²) in [5, 5.41) is 12.7. The number of benzene rings is 2. The van der Waals surface area contributed by atoms with Gasteiger partial charge >= 0.3 is 5.69 Å². The van der Waals surface area contributed by atoms with Crippen molar-refractivity contribution < 1.29 is 22.9 Å². The largest absolute Gasteiger partial charge is 0.322 e. The van der Waals surface area contributed by atoms with Gasteiger partial charge in [0, 0.05) is 23.4 Å². The molecule has 2 rings (SSSR count). The van der Waals surface area contributed by atoms with Gasteiger partial charge in [0.1, 0.15) is 0 Å². The second-order valence-electron chi connectivity index (χ2n) is 4.01. The van der Waals surface area contributed by atoms with Gasteiger partial charge in [-0.05, 0) is 24.3 Å². The van der Waals surface area contributed by atoms with Crippen molar-refractivity contribution in [3.63, 3.8) is 0 Å². The summed E-state index contributed by atoms with van der Waals surface area (Å²) in [6.07, 6.45) is 0. The highest BCUT2D eigenvalue weighted by atomic mass is 19.2. The number of nitro benzene ring substituents is 1. The number of halogens is 3. The second kappa shape index (κ2) is 5.61. The molecular formula is C13H7F3N2O3. The molecular weight excluding hydrogens is 289 g/mol. The summed E-state index contributed by atoms with van der Waals surface area (Å²) in [7, 11) is 0. The van der Waals surface area contributed by atoms with E-state index in [2.05, 4.69) is 5.32 Å². The van der Waals surface area contributed by atoms with Crippen molar-refractivity contribution in [2.24, 2.45) is 0 Å². The normalized spacial score (nSPS) is 10.2. The maximum atomic E-state index is 13.4. The molecule has 5 nitrogen and oxygen atoms in total. The van der Waals surface area contributed by atoms with Crippen LogP contribution in [0.4, 0.5) is 24.5 Å². The number of nitrogens with zero attached hydrogens (tertiary/aromatic N) is 1. The van der Waals surface area contributed by atoms with Crippen LogP contribution in [0.25, 0.3) is 0 Å². The van der Waals surface area contributed by atoms with Crippen LogP contribution in [0, 0.1) is 27.6 Å². The van der Waals surface area contributed by atoms with Gasteiger partial charge in [-0.3, -0.25) is 14.9 Å². The molecule has 0 aliphatic rings. The standard InChI is InChI=1S/C13H7F3N2O3/c14-9-3-2-8(6-10(9)15)17-13(19)7-1-4-12(18(20)21)11(16)5-7/h1-6H,(H,17,19). The minimum atomic E-state index is -1.17. The summed E-state index contributed by atoms with van der Waals surface area (Å²) in [4.78, 5) is 21.3. The minimum Gasteiger partial charge on any atom is -0.322 e. The Balaban J connectivity index is 2.22. The number of amides is 1. The number of hydrogen-bond donors (Lipinski definition) is 1. The predicted octanol–water partition coefficient (Wildman–Crippen LogP) is 3.26. The fourth-order valence-electron chi connectivity index (χ4n) is 1.57. The van der Waals surface area contributed by atoms with Crippen molar-refractivity contribution in [1.29, 1.82) is 0 Å². The topological polar surface area (TPSA) is 72.2 Å². The highest BCUT2D eigenvalue weighted by Crippen LogP contribution is 2.19. The van der Waals surface area contributed by atoms with Crippen LogP contribution in [0.5, 0.6) is 0 Å². The van der Waals surface area contributed by atoms with Gasteiger partial charge in [-0.2, -0.15) is 4.39 Å². The highest BCUT2D eigenvalue weighted by Gasteiger charge is 2.17. The molecule has 2 aromatic rings. The molecule has 0 bridgehead atoms. The molecule has 0 unspecified atom stereocenters. The van der Waals surface area contributed by atoms with Crippen molar-refractivity contribution >= 4 is 17.3 Å². The van der Waals surface area contributed by atoms with Crippen LogP contribution in [-0.4, -0.2) is 10.8 Å². The molecule has 8 heteroatoms. The van der Waals surface area contributed by atoms with Gasteiger partial charge in [0.25, 0.3) is 5.91 Å². The lowest BCUT2D eigenvalue weighted by molar-refractivity contribution is -0.387. The van der Waals surface area contributed by atoms with Crippen LogP contribution >= 0.6 is 0 Å². The monoisotopic (exact) mass is 296 g/mol. The van der Waals surface area contributed by atoms with E-state index < -0.39 is 34.0 Å². The molecule has 0 heterocycles. The van der Waals surface area contributed by atoms with Gasteiger partial charge in [-0.25, -0.2) is 8.78 Å². The van der Waals surface area contributed by atoms with E-state index in [1.807, 2.05) is 0 Å². The van der Waals surface area contributed by atoms with E-state index in [9.17, 15) is 28.1 Å². The van der Waals surface area contributed by atoms with Gasteiger partial charge in [0.15, 0.2) is 11.6 Å². The maximum Gasteiger partial charge on any atom is 0.304 e. The Morgan fingerprint density at radius 1 is 1.00 bits per heavy atom. The second-order valence-corrected chi connectivity index (χ2v) is 4.01. The molecule has 0 saturated heterocycles. The Hall–Kier alpha value is -2.90. The Kier molecular flexibility index (Phi) is 3.88. The average molecular weight is 296 g/mol. The lowest BCUT2D eigenvalue weighted by atomic mass is 10.2. The lowest BCUT2D eigenvalue weighted by Gasteiger charge is -2.06. The zero-order valence-corrected chi connectivity index (χ0v) is 10.3. The summed E-state index contributed by atoms with van der Waals surface area (Å²) in [5.74, 6) is -4.20. The first-order valence-electron chi connectivity index (χ1n) is 5.59. The molecule has 0 saturated carbocycles. The van der Waals surface area contributed by atoms with E-state index in [4.69, 9.17) is 0 Å². The molecule has 0 aliphatic carbocycles. The third-order valence-electron chi connectivity index (χ3n) is 2.58. The summed E-state index contributed by atoms with van der Waals surface area (Å²) in [6.45, 7) is 0. The fourth-order valence-corrected chi connectivity index (χ4v) is 1.57. The van der Waals surface area contributed by atoms with E-state index in [0.717, 1.165) is 30.3 Å². The van der Waals surface area contributed by atoms with Crippen LogP contribution in [0.1, 0.15) is 10.4 Å². The molecule has 1 N–H and O–H groups in total. The summed E-state index contributed by atoms with van der Waals surface area (Å²) < 4.78 is 39.1. The summed E-state index contributed by atoms with van der Waals surface area (Å²) in [5.41, 5.74) is -0.986. The average Bonchev–Trinajstić information content (AvgIpc) is 2.42. The Morgan fingerprint density at radius 2 is 1.71 bits per heavy atom. The van der Waals surface area contributed by atoms with E-state index in [-0.39, 0.29) is 11.3 Å². The van der Waals surface area contributed by atoms with E-state index in [1.165, 1.54) is 0 Å².